The minimum atomic E-state index is 0.794. The average Bonchev–Trinajstić information content (AvgIpc) is 3.30. The highest BCUT2D eigenvalue weighted by molar-refractivity contribution is 7.13. The number of ether oxygens (including phenoxy) is 1. The van der Waals surface area contributed by atoms with Crippen LogP contribution in [0.4, 0.5) is 0 Å². The molecule has 0 amide bonds. The molecule has 4 rings (SSSR count). The molecule has 0 saturated carbocycles. The van der Waals surface area contributed by atoms with Gasteiger partial charge in [-0.2, -0.15) is 0 Å². The fourth-order valence-corrected chi connectivity index (χ4v) is 3.23. The van der Waals surface area contributed by atoms with Crippen LogP contribution >= 0.6 is 11.3 Å². The topological polar surface area (TPSA) is 37.9 Å². The summed E-state index contributed by atoms with van der Waals surface area (Å²) in [6.07, 6.45) is 3.59. The van der Waals surface area contributed by atoms with Gasteiger partial charge >= 0.3 is 0 Å². The summed E-state index contributed by atoms with van der Waals surface area (Å²) in [4.78, 5) is 8.79. The maximum atomic E-state index is 5.95. The smallest absolute Gasteiger partial charge is 0.138 e. The molecule has 0 radical (unpaired) electrons. The number of imidazole rings is 1. The first kappa shape index (κ1) is 13.8. The van der Waals surface area contributed by atoms with E-state index in [0.717, 1.165) is 28.5 Å². The van der Waals surface area contributed by atoms with Crippen LogP contribution in [0, 0.1) is 0 Å². The number of rotatable bonds is 4. The van der Waals surface area contributed by atoms with Crippen LogP contribution in [-0.2, 0) is 0 Å². The minimum Gasteiger partial charge on any atom is -0.457 e. The number of aromatic nitrogens is 2. The fraction of sp³-hybridized carbons (Fsp3) is 0. The summed E-state index contributed by atoms with van der Waals surface area (Å²) >= 11 is 1.71. The molecule has 2 heterocycles. The molecule has 0 saturated heterocycles. The molecule has 0 fully saturated rings. The third-order valence-electron chi connectivity index (χ3n) is 3.51. The summed E-state index contributed by atoms with van der Waals surface area (Å²) in [6, 6.07) is 20.1. The first-order valence-corrected chi connectivity index (χ1v) is 8.19. The van der Waals surface area contributed by atoms with Crippen LogP contribution in [0.25, 0.3) is 21.8 Å². The van der Waals surface area contributed by atoms with E-state index in [9.17, 15) is 0 Å². The van der Waals surface area contributed by atoms with Crippen LogP contribution < -0.4 is 4.74 Å². The predicted octanol–water partition coefficient (Wildman–Crippen LogP) is 5.60. The summed E-state index contributed by atoms with van der Waals surface area (Å²) in [5, 5.41) is 2.08. The molecule has 0 bridgehead atoms. The van der Waals surface area contributed by atoms with Gasteiger partial charge in [0.1, 0.15) is 17.3 Å². The van der Waals surface area contributed by atoms with Gasteiger partial charge < -0.3 is 9.72 Å². The predicted molar refractivity (Wildman–Crippen MR) is 93.9 cm³/mol. The molecule has 2 aromatic carbocycles. The van der Waals surface area contributed by atoms with E-state index in [1.807, 2.05) is 48.7 Å². The van der Waals surface area contributed by atoms with Gasteiger partial charge in [0.25, 0.3) is 0 Å². The molecule has 0 aliphatic carbocycles. The van der Waals surface area contributed by atoms with E-state index in [-0.39, 0.29) is 0 Å². The van der Waals surface area contributed by atoms with Crippen molar-refractivity contribution in [3.05, 3.63) is 78.4 Å². The minimum absolute atomic E-state index is 0.794. The van der Waals surface area contributed by atoms with Crippen molar-refractivity contribution in [2.45, 2.75) is 0 Å². The lowest BCUT2D eigenvalue weighted by atomic mass is 10.0. The Hall–Kier alpha value is -2.85. The zero-order chi connectivity index (χ0) is 15.5. The standard InChI is InChI=1S/C19H14N2OS/c1-2-5-14(6-3-1)22-15-8-9-16(18-7-4-12-23-18)17(13-15)19-20-10-11-21-19/h1-13H,(H,20,21). The van der Waals surface area contributed by atoms with Crippen LogP contribution in [0.15, 0.2) is 78.4 Å². The lowest BCUT2D eigenvalue weighted by Gasteiger charge is -2.10. The molecule has 112 valence electrons. The quantitative estimate of drug-likeness (QED) is 0.532. The summed E-state index contributed by atoms with van der Waals surface area (Å²) in [5.74, 6) is 2.46. The molecule has 0 aliphatic heterocycles. The van der Waals surface area contributed by atoms with E-state index >= 15 is 0 Å². The van der Waals surface area contributed by atoms with Gasteiger partial charge in [0, 0.05) is 28.4 Å². The van der Waals surface area contributed by atoms with E-state index in [1.165, 1.54) is 4.88 Å². The molecule has 0 unspecified atom stereocenters. The molecule has 23 heavy (non-hydrogen) atoms. The lowest BCUT2D eigenvalue weighted by molar-refractivity contribution is 0.483. The van der Waals surface area contributed by atoms with Crippen molar-refractivity contribution in [2.24, 2.45) is 0 Å². The number of thiophene rings is 1. The Morgan fingerprint density at radius 1 is 0.870 bits per heavy atom. The second-order valence-electron chi connectivity index (χ2n) is 5.04. The van der Waals surface area contributed by atoms with Crippen molar-refractivity contribution >= 4 is 11.3 Å². The molecule has 3 nitrogen and oxygen atoms in total. The van der Waals surface area contributed by atoms with E-state index in [1.54, 1.807) is 17.5 Å². The molecular formula is C19H14N2OS. The number of nitrogens with one attached hydrogen (secondary N) is 1. The van der Waals surface area contributed by atoms with Gasteiger partial charge in [0.05, 0.1) is 0 Å². The van der Waals surface area contributed by atoms with E-state index < -0.39 is 0 Å². The number of H-pyrrole nitrogens is 1. The van der Waals surface area contributed by atoms with E-state index in [4.69, 9.17) is 4.74 Å². The maximum absolute atomic E-state index is 5.95. The van der Waals surface area contributed by atoms with Crippen LogP contribution in [-0.4, -0.2) is 9.97 Å². The van der Waals surface area contributed by atoms with Gasteiger partial charge in [-0.3, -0.25) is 0 Å². The Balaban J connectivity index is 1.78. The average molecular weight is 318 g/mol. The molecule has 4 heteroatoms. The molecule has 2 aromatic heterocycles. The van der Waals surface area contributed by atoms with Crippen LogP contribution in [0.1, 0.15) is 0 Å². The Morgan fingerprint density at radius 2 is 1.78 bits per heavy atom. The maximum Gasteiger partial charge on any atom is 0.138 e. The first-order chi connectivity index (χ1) is 11.4. The number of para-hydroxylation sites is 1. The highest BCUT2D eigenvalue weighted by Gasteiger charge is 2.12. The summed E-state index contributed by atoms with van der Waals surface area (Å²) < 4.78 is 5.95. The van der Waals surface area contributed by atoms with Crippen molar-refractivity contribution in [3.63, 3.8) is 0 Å². The van der Waals surface area contributed by atoms with Gasteiger partial charge in [-0.25, -0.2) is 4.98 Å². The van der Waals surface area contributed by atoms with E-state index in [2.05, 4.69) is 33.5 Å². The van der Waals surface area contributed by atoms with Gasteiger partial charge in [-0.15, -0.1) is 11.3 Å². The summed E-state index contributed by atoms with van der Waals surface area (Å²) in [7, 11) is 0. The van der Waals surface area contributed by atoms with Crippen LogP contribution in [0.3, 0.4) is 0 Å². The Labute approximate surface area is 138 Å². The molecule has 0 spiro atoms. The molecule has 4 aromatic rings. The van der Waals surface area contributed by atoms with Crippen LogP contribution in [0.5, 0.6) is 11.5 Å². The third kappa shape index (κ3) is 2.89. The monoisotopic (exact) mass is 318 g/mol. The van der Waals surface area contributed by atoms with Gasteiger partial charge in [-0.05, 0) is 41.8 Å². The molecule has 0 atom stereocenters. The number of aromatic amines is 1. The normalized spacial score (nSPS) is 10.6. The fourth-order valence-electron chi connectivity index (χ4n) is 2.47. The SMILES string of the molecule is c1ccc(Oc2ccc(-c3cccs3)c(-c3ncc[nH]3)c2)cc1. The lowest BCUT2D eigenvalue weighted by Crippen LogP contribution is -1.89. The molecular weight excluding hydrogens is 304 g/mol. The number of hydrogen-bond acceptors (Lipinski definition) is 3. The number of hydrogen-bond donors (Lipinski definition) is 1. The van der Waals surface area contributed by atoms with E-state index in [0.29, 0.717) is 0 Å². The number of nitrogens with zero attached hydrogens (tertiary/aromatic N) is 1. The van der Waals surface area contributed by atoms with Crippen molar-refractivity contribution < 1.29 is 4.74 Å². The van der Waals surface area contributed by atoms with Crippen molar-refractivity contribution in [2.75, 3.05) is 0 Å². The molecule has 1 N–H and O–H groups in total. The van der Waals surface area contributed by atoms with Gasteiger partial charge in [0.15, 0.2) is 0 Å². The zero-order valence-electron chi connectivity index (χ0n) is 12.3. The zero-order valence-corrected chi connectivity index (χ0v) is 13.1. The Morgan fingerprint density at radius 3 is 2.52 bits per heavy atom. The van der Waals surface area contributed by atoms with Gasteiger partial charge in [0.2, 0.25) is 0 Å². The Kier molecular flexibility index (Phi) is 3.66. The van der Waals surface area contributed by atoms with Crippen molar-refractivity contribution in [1.82, 2.24) is 9.97 Å². The summed E-state index contributed by atoms with van der Waals surface area (Å²) in [5.41, 5.74) is 2.18. The highest BCUT2D eigenvalue weighted by atomic mass is 32.1. The van der Waals surface area contributed by atoms with Crippen LogP contribution in [0.2, 0.25) is 0 Å². The second-order valence-corrected chi connectivity index (χ2v) is 5.99. The molecule has 0 aliphatic rings. The van der Waals surface area contributed by atoms with Crippen molar-refractivity contribution in [3.8, 4) is 33.3 Å². The largest absolute Gasteiger partial charge is 0.457 e. The van der Waals surface area contributed by atoms with Crippen molar-refractivity contribution in [1.29, 1.82) is 0 Å². The highest BCUT2D eigenvalue weighted by Crippen LogP contribution is 2.36. The Bertz CT molecular complexity index is 885. The second kappa shape index (κ2) is 6.10. The summed E-state index contributed by atoms with van der Waals surface area (Å²) in [6.45, 7) is 0. The number of benzene rings is 2. The third-order valence-corrected chi connectivity index (χ3v) is 4.41. The first-order valence-electron chi connectivity index (χ1n) is 7.31. The van der Waals surface area contributed by atoms with Gasteiger partial charge in [-0.1, -0.05) is 24.3 Å².